The fraction of sp³-hybridized carbons (Fsp3) is 0. The minimum Gasteiger partial charge on any atom is -0.299 e. The molecule has 7 heteroatoms. The highest BCUT2D eigenvalue weighted by molar-refractivity contribution is 8.18. The van der Waals surface area contributed by atoms with E-state index in [-0.39, 0.29) is 5.91 Å². The second-order valence-electron chi connectivity index (χ2n) is 4.76. The zero-order valence-corrected chi connectivity index (χ0v) is 14.6. The molecule has 1 heterocycles. The van der Waals surface area contributed by atoms with Gasteiger partial charge in [0.15, 0.2) is 5.17 Å². The second kappa shape index (κ2) is 7.66. The lowest BCUT2D eigenvalue weighted by Crippen LogP contribution is -2.19. The number of rotatable bonds is 3. The summed E-state index contributed by atoms with van der Waals surface area (Å²) in [5.41, 5.74) is 1.53. The van der Waals surface area contributed by atoms with Gasteiger partial charge < -0.3 is 0 Å². The van der Waals surface area contributed by atoms with Crippen molar-refractivity contribution < 1.29 is 4.79 Å². The molecule has 0 atom stereocenters. The normalized spacial score (nSPS) is 17.8. The Bertz CT molecular complexity index is 878. The molecule has 0 radical (unpaired) electrons. The number of nitrogens with one attached hydrogen (secondary N) is 1. The van der Waals surface area contributed by atoms with Gasteiger partial charge in [0.2, 0.25) is 0 Å². The molecule has 120 valence electrons. The summed E-state index contributed by atoms with van der Waals surface area (Å²) >= 11 is 13.3. The van der Waals surface area contributed by atoms with Gasteiger partial charge in [0.25, 0.3) is 5.91 Å². The summed E-state index contributed by atoms with van der Waals surface area (Å²) in [4.78, 5) is 12.5. The maximum absolute atomic E-state index is 12.0. The highest BCUT2D eigenvalue weighted by atomic mass is 35.5. The maximum Gasteiger partial charge on any atom is 0.264 e. The Morgan fingerprint density at radius 2 is 1.58 bits per heavy atom. The van der Waals surface area contributed by atoms with Crippen LogP contribution in [0.15, 0.2) is 63.6 Å². The number of nitrogens with zero attached hydrogens (tertiary/aromatic N) is 2. The van der Waals surface area contributed by atoms with Gasteiger partial charge in [0, 0.05) is 15.6 Å². The third kappa shape index (κ3) is 4.06. The van der Waals surface area contributed by atoms with E-state index in [9.17, 15) is 4.79 Å². The zero-order valence-electron chi connectivity index (χ0n) is 12.2. The van der Waals surface area contributed by atoms with Crippen molar-refractivity contribution in [1.29, 1.82) is 0 Å². The predicted molar refractivity (Wildman–Crippen MR) is 102 cm³/mol. The monoisotopic (exact) mass is 375 g/mol. The minimum absolute atomic E-state index is 0.230. The minimum atomic E-state index is -0.230. The van der Waals surface area contributed by atoms with E-state index in [1.54, 1.807) is 18.2 Å². The molecule has 1 aliphatic rings. The van der Waals surface area contributed by atoms with Crippen LogP contribution in [0.25, 0.3) is 6.08 Å². The number of amidine groups is 1. The van der Waals surface area contributed by atoms with Crippen molar-refractivity contribution in [1.82, 2.24) is 5.32 Å². The van der Waals surface area contributed by atoms with Gasteiger partial charge in [-0.05, 0) is 35.5 Å². The fourth-order valence-corrected chi connectivity index (χ4v) is 3.08. The SMILES string of the molecule is O=C1N/C(=N\N=C\c2ccccc2Cl)S/C1=C\c1ccccc1Cl. The van der Waals surface area contributed by atoms with Crippen LogP contribution in [-0.2, 0) is 4.79 Å². The van der Waals surface area contributed by atoms with Crippen molar-refractivity contribution >= 4 is 58.3 Å². The van der Waals surface area contributed by atoms with Crippen LogP contribution in [0.4, 0.5) is 0 Å². The largest absolute Gasteiger partial charge is 0.299 e. The number of halogens is 2. The van der Waals surface area contributed by atoms with E-state index >= 15 is 0 Å². The van der Waals surface area contributed by atoms with Crippen LogP contribution in [0.1, 0.15) is 11.1 Å². The summed E-state index contributed by atoms with van der Waals surface area (Å²) in [6.07, 6.45) is 3.26. The molecule has 1 N–H and O–H groups in total. The van der Waals surface area contributed by atoms with Crippen molar-refractivity contribution in [3.63, 3.8) is 0 Å². The molecule has 1 amide bonds. The van der Waals surface area contributed by atoms with E-state index < -0.39 is 0 Å². The first kappa shape index (κ1) is 16.8. The summed E-state index contributed by atoms with van der Waals surface area (Å²) in [5.74, 6) is -0.230. The quantitative estimate of drug-likeness (QED) is 0.484. The van der Waals surface area contributed by atoms with Crippen LogP contribution >= 0.6 is 35.0 Å². The molecule has 2 aromatic carbocycles. The van der Waals surface area contributed by atoms with Gasteiger partial charge in [-0.1, -0.05) is 59.6 Å². The molecule has 0 saturated carbocycles. The van der Waals surface area contributed by atoms with Gasteiger partial charge in [0.1, 0.15) is 0 Å². The van der Waals surface area contributed by atoms with Crippen molar-refractivity contribution in [3.05, 3.63) is 74.6 Å². The summed E-state index contributed by atoms with van der Waals surface area (Å²) < 4.78 is 0. The molecule has 1 fully saturated rings. The van der Waals surface area contributed by atoms with Crippen LogP contribution in [0.3, 0.4) is 0 Å². The topological polar surface area (TPSA) is 53.8 Å². The number of thioether (sulfide) groups is 1. The van der Waals surface area contributed by atoms with E-state index in [2.05, 4.69) is 15.5 Å². The summed E-state index contributed by atoms with van der Waals surface area (Å²) in [6.45, 7) is 0. The molecular weight excluding hydrogens is 365 g/mol. The number of hydrogen-bond donors (Lipinski definition) is 1. The Morgan fingerprint density at radius 1 is 0.958 bits per heavy atom. The van der Waals surface area contributed by atoms with Crippen molar-refractivity contribution in [3.8, 4) is 0 Å². The van der Waals surface area contributed by atoms with Crippen molar-refractivity contribution in [2.24, 2.45) is 10.2 Å². The predicted octanol–water partition coefficient (Wildman–Crippen LogP) is 4.59. The number of carbonyl (C=O) groups excluding carboxylic acids is 1. The smallest absolute Gasteiger partial charge is 0.264 e. The molecule has 4 nitrogen and oxygen atoms in total. The summed E-state index contributed by atoms with van der Waals surface area (Å²) in [6, 6.07) is 14.6. The van der Waals surface area contributed by atoms with E-state index in [0.717, 1.165) is 11.1 Å². The van der Waals surface area contributed by atoms with Crippen LogP contribution in [0.2, 0.25) is 10.0 Å². The summed E-state index contributed by atoms with van der Waals surface area (Å²) in [7, 11) is 0. The zero-order chi connectivity index (χ0) is 16.9. The number of benzene rings is 2. The van der Waals surface area contributed by atoms with Crippen LogP contribution < -0.4 is 5.32 Å². The number of carbonyl (C=O) groups is 1. The molecule has 0 unspecified atom stereocenters. The van der Waals surface area contributed by atoms with E-state index in [1.165, 1.54) is 18.0 Å². The number of hydrogen-bond acceptors (Lipinski definition) is 4. The molecule has 3 rings (SSSR count). The molecule has 0 aromatic heterocycles. The lowest BCUT2D eigenvalue weighted by Gasteiger charge is -1.97. The van der Waals surface area contributed by atoms with E-state index in [1.807, 2.05) is 36.4 Å². The lowest BCUT2D eigenvalue weighted by molar-refractivity contribution is -0.115. The molecule has 24 heavy (non-hydrogen) atoms. The highest BCUT2D eigenvalue weighted by Crippen LogP contribution is 2.28. The van der Waals surface area contributed by atoms with Gasteiger partial charge in [0.05, 0.1) is 11.1 Å². The molecule has 0 spiro atoms. The first-order valence-corrected chi connectivity index (χ1v) is 8.52. The Hall–Kier alpha value is -2.08. The van der Waals surface area contributed by atoms with Gasteiger partial charge in [-0.25, -0.2) is 0 Å². The van der Waals surface area contributed by atoms with Crippen LogP contribution in [0.5, 0.6) is 0 Å². The molecular formula is C17H11Cl2N3OS. The molecule has 1 saturated heterocycles. The third-order valence-corrected chi connectivity index (χ3v) is 4.68. The Kier molecular flexibility index (Phi) is 5.35. The molecule has 0 aliphatic carbocycles. The first-order chi connectivity index (χ1) is 11.6. The lowest BCUT2D eigenvalue weighted by atomic mass is 10.2. The second-order valence-corrected chi connectivity index (χ2v) is 6.60. The average molecular weight is 376 g/mol. The van der Waals surface area contributed by atoms with Crippen LogP contribution in [-0.4, -0.2) is 17.3 Å². The van der Waals surface area contributed by atoms with Gasteiger partial charge in [-0.15, -0.1) is 5.10 Å². The summed E-state index contributed by atoms with van der Waals surface area (Å²) in [5, 5.41) is 12.2. The average Bonchev–Trinajstić information content (AvgIpc) is 2.91. The molecule has 1 aliphatic heterocycles. The first-order valence-electron chi connectivity index (χ1n) is 6.94. The Balaban J connectivity index is 1.75. The molecule has 0 bridgehead atoms. The Labute approximate surface area is 153 Å². The van der Waals surface area contributed by atoms with Crippen molar-refractivity contribution in [2.45, 2.75) is 0 Å². The van der Waals surface area contributed by atoms with Crippen LogP contribution in [0, 0.1) is 0 Å². The van der Waals surface area contributed by atoms with Gasteiger partial charge in [-0.3, -0.25) is 10.1 Å². The van der Waals surface area contributed by atoms with Gasteiger partial charge >= 0.3 is 0 Å². The van der Waals surface area contributed by atoms with Gasteiger partial charge in [-0.2, -0.15) is 5.10 Å². The van der Waals surface area contributed by atoms with E-state index in [0.29, 0.717) is 20.1 Å². The highest BCUT2D eigenvalue weighted by Gasteiger charge is 2.24. The standard InChI is InChI=1S/C17H11Cl2N3OS/c18-13-7-3-1-5-11(13)9-15-16(23)21-17(24-15)22-20-10-12-6-2-4-8-14(12)19/h1-10H,(H,21,22,23)/b15-9-,20-10+. The molecule has 2 aromatic rings. The fourth-order valence-electron chi connectivity index (χ4n) is 1.93. The third-order valence-electron chi connectivity index (χ3n) is 3.09. The van der Waals surface area contributed by atoms with Crippen molar-refractivity contribution in [2.75, 3.05) is 0 Å². The Morgan fingerprint density at radius 3 is 2.25 bits per heavy atom. The number of amides is 1. The van der Waals surface area contributed by atoms with E-state index in [4.69, 9.17) is 23.2 Å². The maximum atomic E-state index is 12.0.